The third kappa shape index (κ3) is 2.75. The molecule has 2 heterocycles. The molecule has 0 atom stereocenters. The molecule has 1 fully saturated rings. The number of fused-ring (bicyclic) bond motifs is 1. The highest BCUT2D eigenvalue weighted by atomic mass is 32.2. The predicted molar refractivity (Wildman–Crippen MR) is 105 cm³/mol. The minimum absolute atomic E-state index is 0.0870. The van der Waals surface area contributed by atoms with Gasteiger partial charge in [0.1, 0.15) is 17.7 Å². The summed E-state index contributed by atoms with van der Waals surface area (Å²) in [6.45, 7) is 0. The fourth-order valence-corrected chi connectivity index (χ4v) is 3.92. The van der Waals surface area contributed by atoms with E-state index in [9.17, 15) is 14.0 Å². The van der Waals surface area contributed by atoms with Crippen LogP contribution in [-0.2, 0) is 4.79 Å². The third-order valence-corrected chi connectivity index (χ3v) is 5.18. The molecule has 0 N–H and O–H groups in total. The number of thioether (sulfide) groups is 1. The summed E-state index contributed by atoms with van der Waals surface area (Å²) in [7, 11) is 0. The molecule has 26 heavy (non-hydrogen) atoms. The largest absolute Gasteiger partial charge is 0.463 e. The third-order valence-electron chi connectivity index (χ3n) is 3.88. The van der Waals surface area contributed by atoms with Crippen molar-refractivity contribution in [3.05, 3.63) is 81.3 Å². The first-order chi connectivity index (χ1) is 12.6. The Morgan fingerprint density at radius 3 is 2.62 bits per heavy atom. The van der Waals surface area contributed by atoms with Gasteiger partial charge < -0.3 is 4.42 Å². The smallest absolute Gasteiger partial charge is 0.270 e. The van der Waals surface area contributed by atoms with Crippen LogP contribution in [0.1, 0.15) is 5.56 Å². The molecule has 1 saturated heterocycles. The summed E-state index contributed by atoms with van der Waals surface area (Å²) in [6, 6.07) is 12.8. The van der Waals surface area contributed by atoms with Crippen LogP contribution in [0.5, 0.6) is 0 Å². The summed E-state index contributed by atoms with van der Waals surface area (Å²) in [4.78, 5) is 26.6. The molecular formula is C19H10FNO3S2. The maximum Gasteiger partial charge on any atom is 0.270 e. The molecule has 2 aromatic carbocycles. The van der Waals surface area contributed by atoms with E-state index in [0.29, 0.717) is 11.0 Å². The molecule has 0 bridgehead atoms. The number of hydrogen-bond donors (Lipinski definition) is 0. The zero-order valence-corrected chi connectivity index (χ0v) is 14.8. The second-order valence-electron chi connectivity index (χ2n) is 5.48. The van der Waals surface area contributed by atoms with E-state index in [1.807, 2.05) is 0 Å². The van der Waals surface area contributed by atoms with Gasteiger partial charge in [-0.25, -0.2) is 4.39 Å². The van der Waals surface area contributed by atoms with Crippen molar-refractivity contribution in [3.8, 4) is 0 Å². The number of halogens is 1. The van der Waals surface area contributed by atoms with E-state index in [4.69, 9.17) is 16.6 Å². The van der Waals surface area contributed by atoms with Gasteiger partial charge in [-0.1, -0.05) is 48.2 Å². The van der Waals surface area contributed by atoms with Gasteiger partial charge >= 0.3 is 0 Å². The molecule has 0 spiro atoms. The number of para-hydroxylation sites is 2. The molecule has 1 amide bonds. The number of amides is 1. The number of benzene rings is 2. The summed E-state index contributed by atoms with van der Waals surface area (Å²) in [6.07, 6.45) is 2.73. The van der Waals surface area contributed by atoms with E-state index >= 15 is 0 Å². The number of anilines is 1. The van der Waals surface area contributed by atoms with Crippen LogP contribution in [0.25, 0.3) is 17.0 Å². The summed E-state index contributed by atoms with van der Waals surface area (Å²) in [5, 5.41) is 0.422. The molecule has 1 aliphatic heterocycles. The monoisotopic (exact) mass is 383 g/mol. The van der Waals surface area contributed by atoms with Gasteiger partial charge in [0.25, 0.3) is 5.91 Å². The first-order valence-corrected chi connectivity index (χ1v) is 8.82. The Morgan fingerprint density at radius 1 is 1.08 bits per heavy atom. The van der Waals surface area contributed by atoms with Crippen molar-refractivity contribution in [2.45, 2.75) is 0 Å². The van der Waals surface area contributed by atoms with Gasteiger partial charge in [-0.2, -0.15) is 0 Å². The first kappa shape index (κ1) is 16.7. The summed E-state index contributed by atoms with van der Waals surface area (Å²) < 4.78 is 19.7. The lowest BCUT2D eigenvalue weighted by atomic mass is 10.1. The highest BCUT2D eigenvalue weighted by molar-refractivity contribution is 8.27. The zero-order valence-electron chi connectivity index (χ0n) is 13.1. The quantitative estimate of drug-likeness (QED) is 0.487. The van der Waals surface area contributed by atoms with E-state index in [-0.39, 0.29) is 25.9 Å². The van der Waals surface area contributed by atoms with E-state index in [1.165, 1.54) is 30.5 Å². The van der Waals surface area contributed by atoms with Crippen LogP contribution in [0.2, 0.25) is 0 Å². The molecule has 128 valence electrons. The van der Waals surface area contributed by atoms with Crippen LogP contribution in [0.15, 0.2) is 68.9 Å². The van der Waals surface area contributed by atoms with Gasteiger partial charge in [0.2, 0.25) is 0 Å². The molecular weight excluding hydrogens is 373 g/mol. The predicted octanol–water partition coefficient (Wildman–Crippen LogP) is 4.34. The van der Waals surface area contributed by atoms with Crippen LogP contribution in [-0.4, -0.2) is 10.2 Å². The lowest BCUT2D eigenvalue weighted by Gasteiger charge is -2.14. The normalized spacial score (nSPS) is 16.0. The fourth-order valence-electron chi connectivity index (χ4n) is 2.64. The molecule has 0 aliphatic carbocycles. The number of rotatable bonds is 2. The van der Waals surface area contributed by atoms with Crippen molar-refractivity contribution in [1.29, 1.82) is 0 Å². The van der Waals surface area contributed by atoms with Crippen molar-refractivity contribution in [1.82, 2.24) is 0 Å². The SMILES string of the molecule is O=C1/C(=C/c2coc3ccccc3c2=O)SC(=S)N1c1ccccc1F. The number of carbonyl (C=O) groups is 1. The van der Waals surface area contributed by atoms with E-state index in [1.54, 1.807) is 30.3 Å². The average Bonchev–Trinajstić information content (AvgIpc) is 2.92. The zero-order chi connectivity index (χ0) is 18.3. The second kappa shape index (κ2) is 6.51. The van der Waals surface area contributed by atoms with Gasteiger partial charge in [-0.15, -0.1) is 0 Å². The van der Waals surface area contributed by atoms with Gasteiger partial charge in [0.05, 0.1) is 21.5 Å². The van der Waals surface area contributed by atoms with E-state index in [0.717, 1.165) is 16.7 Å². The lowest BCUT2D eigenvalue weighted by Crippen LogP contribution is -2.28. The van der Waals surface area contributed by atoms with Crippen LogP contribution >= 0.6 is 24.0 Å². The minimum Gasteiger partial charge on any atom is -0.463 e. The van der Waals surface area contributed by atoms with E-state index in [2.05, 4.69) is 0 Å². The summed E-state index contributed by atoms with van der Waals surface area (Å²) in [5.41, 5.74) is 0.540. The standard InChI is InChI=1S/C19H10FNO3S2/c20-13-6-2-3-7-14(13)21-18(23)16(26-19(21)25)9-11-10-24-15-8-4-1-5-12(15)17(11)22/h1-10H/b16-9-. The average molecular weight is 383 g/mol. The Labute approximate surface area is 156 Å². The number of nitrogens with zero attached hydrogens (tertiary/aromatic N) is 1. The number of thiocarbonyl (C=S) groups is 1. The van der Waals surface area contributed by atoms with Crippen LogP contribution in [0, 0.1) is 5.82 Å². The Kier molecular flexibility index (Phi) is 4.18. The fraction of sp³-hybridized carbons (Fsp3) is 0. The number of hydrogen-bond acceptors (Lipinski definition) is 5. The first-order valence-electron chi connectivity index (χ1n) is 7.59. The molecule has 1 aliphatic rings. The Hall–Kier alpha value is -2.77. The lowest BCUT2D eigenvalue weighted by molar-refractivity contribution is -0.113. The Balaban J connectivity index is 1.77. The highest BCUT2D eigenvalue weighted by Crippen LogP contribution is 2.36. The van der Waals surface area contributed by atoms with Crippen molar-refractivity contribution < 1.29 is 13.6 Å². The van der Waals surface area contributed by atoms with Crippen LogP contribution < -0.4 is 10.3 Å². The van der Waals surface area contributed by atoms with Gasteiger partial charge in [-0.05, 0) is 30.3 Å². The Morgan fingerprint density at radius 2 is 1.81 bits per heavy atom. The van der Waals surface area contributed by atoms with Crippen LogP contribution in [0.3, 0.4) is 0 Å². The topological polar surface area (TPSA) is 50.5 Å². The van der Waals surface area contributed by atoms with E-state index < -0.39 is 11.7 Å². The van der Waals surface area contributed by atoms with Crippen molar-refractivity contribution in [3.63, 3.8) is 0 Å². The molecule has 0 unspecified atom stereocenters. The molecule has 7 heteroatoms. The van der Waals surface area contributed by atoms with Crippen LogP contribution in [0.4, 0.5) is 10.1 Å². The Bertz CT molecular complexity index is 1150. The molecule has 4 rings (SSSR count). The minimum atomic E-state index is -0.546. The van der Waals surface area contributed by atoms with Gasteiger partial charge in [-0.3, -0.25) is 14.5 Å². The molecule has 1 aromatic heterocycles. The second-order valence-corrected chi connectivity index (χ2v) is 7.16. The maximum atomic E-state index is 14.0. The van der Waals surface area contributed by atoms with Crippen molar-refractivity contribution >= 4 is 56.9 Å². The molecule has 0 saturated carbocycles. The molecule has 3 aromatic rings. The van der Waals surface area contributed by atoms with Crippen molar-refractivity contribution in [2.24, 2.45) is 0 Å². The van der Waals surface area contributed by atoms with Crippen molar-refractivity contribution in [2.75, 3.05) is 4.90 Å². The van der Waals surface area contributed by atoms with Gasteiger partial charge in [0, 0.05) is 0 Å². The summed E-state index contributed by atoms with van der Waals surface area (Å²) in [5.74, 6) is -1.02. The summed E-state index contributed by atoms with van der Waals surface area (Å²) >= 11 is 6.24. The highest BCUT2D eigenvalue weighted by Gasteiger charge is 2.34. The molecule has 4 nitrogen and oxygen atoms in total. The number of carbonyl (C=O) groups excluding carboxylic acids is 1. The van der Waals surface area contributed by atoms with Gasteiger partial charge in [0.15, 0.2) is 9.75 Å². The molecule has 0 radical (unpaired) electrons. The maximum absolute atomic E-state index is 14.0.